The summed E-state index contributed by atoms with van der Waals surface area (Å²) >= 11 is 0. The Bertz CT molecular complexity index is 569. The number of carbonyl (C=O) groups is 1. The molecule has 4 heteroatoms. The molecule has 1 heterocycles. The second-order valence-electron chi connectivity index (χ2n) is 4.92. The minimum absolute atomic E-state index is 0.0470. The average Bonchev–Trinajstić information content (AvgIpc) is 3.02. The highest BCUT2D eigenvalue weighted by Crippen LogP contribution is 2.29. The first-order valence-electron chi connectivity index (χ1n) is 6.57. The molecule has 1 aromatic rings. The van der Waals surface area contributed by atoms with Crippen LogP contribution < -0.4 is 0 Å². The van der Waals surface area contributed by atoms with Gasteiger partial charge in [0.2, 0.25) is 0 Å². The number of benzene rings is 1. The number of aliphatic hydroxyl groups excluding tert-OH is 1. The quantitative estimate of drug-likeness (QED) is 0.844. The van der Waals surface area contributed by atoms with Gasteiger partial charge in [0.15, 0.2) is 5.78 Å². The Morgan fingerprint density at radius 1 is 1.21 bits per heavy atom. The molecule has 0 atom stereocenters. The van der Waals surface area contributed by atoms with Gasteiger partial charge in [0.1, 0.15) is 5.76 Å². The first-order chi connectivity index (χ1) is 9.27. The predicted molar refractivity (Wildman–Crippen MR) is 74.5 cm³/mol. The van der Waals surface area contributed by atoms with Gasteiger partial charge >= 0.3 is 0 Å². The summed E-state index contributed by atoms with van der Waals surface area (Å²) in [6, 6.07) is 7.10. The number of nitrogens with zero attached hydrogens (tertiary/aromatic N) is 2. The van der Waals surface area contributed by atoms with Crippen molar-refractivity contribution in [2.24, 2.45) is 4.99 Å². The SMILES string of the molecule is O=C1C(/C=N/CN2CCCC2)=C(O)c2ccccc21. The van der Waals surface area contributed by atoms with Crippen molar-refractivity contribution in [2.45, 2.75) is 12.8 Å². The van der Waals surface area contributed by atoms with Crippen LogP contribution in [0, 0.1) is 0 Å². The zero-order valence-electron chi connectivity index (χ0n) is 10.7. The summed E-state index contributed by atoms with van der Waals surface area (Å²) in [5, 5.41) is 10.1. The van der Waals surface area contributed by atoms with E-state index in [2.05, 4.69) is 9.89 Å². The highest BCUT2D eigenvalue weighted by molar-refractivity contribution is 6.30. The average molecular weight is 256 g/mol. The van der Waals surface area contributed by atoms with E-state index in [9.17, 15) is 9.90 Å². The van der Waals surface area contributed by atoms with Crippen LogP contribution in [0.3, 0.4) is 0 Å². The minimum atomic E-state index is -0.140. The van der Waals surface area contributed by atoms with Gasteiger partial charge in [-0.25, -0.2) is 0 Å². The standard InChI is InChI=1S/C15H16N2O2/c18-14-11-5-1-2-6-12(11)15(19)13(14)9-16-10-17-7-3-4-8-17/h1-2,5-6,9,18H,3-4,7-8,10H2/b16-9+. The van der Waals surface area contributed by atoms with Gasteiger partial charge in [0.25, 0.3) is 0 Å². The van der Waals surface area contributed by atoms with E-state index in [1.807, 2.05) is 6.07 Å². The van der Waals surface area contributed by atoms with Crippen LogP contribution in [-0.4, -0.2) is 41.8 Å². The summed E-state index contributed by atoms with van der Waals surface area (Å²) in [6.07, 6.45) is 3.94. The molecule has 0 saturated carbocycles. The van der Waals surface area contributed by atoms with Gasteiger partial charge in [-0.1, -0.05) is 24.3 Å². The summed E-state index contributed by atoms with van der Waals surface area (Å²) < 4.78 is 0. The number of rotatable bonds is 3. The molecule has 1 fully saturated rings. The first-order valence-corrected chi connectivity index (χ1v) is 6.57. The zero-order valence-corrected chi connectivity index (χ0v) is 10.7. The number of ketones is 1. The smallest absolute Gasteiger partial charge is 0.199 e. The highest BCUT2D eigenvalue weighted by Gasteiger charge is 2.27. The molecule has 0 bridgehead atoms. The summed E-state index contributed by atoms with van der Waals surface area (Å²) in [5.41, 5.74) is 1.47. The third kappa shape index (κ3) is 2.19. The van der Waals surface area contributed by atoms with E-state index in [0.29, 0.717) is 23.4 Å². The molecule has 1 saturated heterocycles. The van der Waals surface area contributed by atoms with Gasteiger partial charge in [-0.15, -0.1) is 0 Å². The van der Waals surface area contributed by atoms with Gasteiger partial charge in [0.05, 0.1) is 12.2 Å². The van der Waals surface area contributed by atoms with Crippen LogP contribution in [0.15, 0.2) is 34.8 Å². The Labute approximate surface area is 112 Å². The summed E-state index contributed by atoms with van der Waals surface area (Å²) in [6.45, 7) is 2.73. The van der Waals surface area contributed by atoms with Crippen LogP contribution in [0.2, 0.25) is 0 Å². The van der Waals surface area contributed by atoms with Crippen molar-refractivity contribution in [2.75, 3.05) is 19.8 Å². The van der Waals surface area contributed by atoms with Crippen molar-refractivity contribution in [3.05, 3.63) is 41.0 Å². The van der Waals surface area contributed by atoms with Crippen molar-refractivity contribution in [1.82, 2.24) is 4.90 Å². The lowest BCUT2D eigenvalue weighted by Gasteiger charge is -2.09. The summed E-state index contributed by atoms with van der Waals surface area (Å²) in [5.74, 6) is -0.0935. The molecule has 1 aliphatic heterocycles. The Kier molecular flexibility index (Phi) is 3.17. The molecule has 0 spiro atoms. The van der Waals surface area contributed by atoms with Gasteiger partial charge in [-0.2, -0.15) is 0 Å². The maximum atomic E-state index is 12.1. The molecule has 0 unspecified atom stereocenters. The fourth-order valence-corrected chi connectivity index (χ4v) is 2.58. The third-order valence-electron chi connectivity index (χ3n) is 3.63. The fourth-order valence-electron chi connectivity index (χ4n) is 2.58. The number of aliphatic hydroxyl groups is 1. The monoisotopic (exact) mass is 256 g/mol. The first kappa shape index (κ1) is 12.1. The molecule has 3 rings (SSSR count). The molecule has 1 N–H and O–H groups in total. The lowest BCUT2D eigenvalue weighted by atomic mass is 10.1. The Morgan fingerprint density at radius 2 is 1.89 bits per heavy atom. The summed E-state index contributed by atoms with van der Waals surface area (Å²) in [7, 11) is 0. The van der Waals surface area contributed by atoms with Gasteiger partial charge < -0.3 is 5.11 Å². The highest BCUT2D eigenvalue weighted by atomic mass is 16.3. The molecule has 4 nitrogen and oxygen atoms in total. The number of aliphatic imine (C=N–C) groups is 1. The third-order valence-corrected chi connectivity index (χ3v) is 3.63. The van der Waals surface area contributed by atoms with E-state index < -0.39 is 0 Å². The second-order valence-corrected chi connectivity index (χ2v) is 4.92. The van der Waals surface area contributed by atoms with Crippen LogP contribution in [-0.2, 0) is 0 Å². The van der Waals surface area contributed by atoms with Crippen LogP contribution >= 0.6 is 0 Å². The number of Topliss-reactive ketones (excluding diaryl/α,β-unsaturated/α-hetero) is 1. The van der Waals surface area contributed by atoms with Gasteiger partial charge in [-0.05, 0) is 25.9 Å². The molecule has 0 aromatic heterocycles. The molecule has 1 aliphatic carbocycles. The van der Waals surface area contributed by atoms with E-state index >= 15 is 0 Å². The molecular weight excluding hydrogens is 240 g/mol. The molecule has 0 amide bonds. The van der Waals surface area contributed by atoms with Crippen LogP contribution in [0.1, 0.15) is 28.8 Å². The molecule has 19 heavy (non-hydrogen) atoms. The number of likely N-dealkylation sites (tertiary alicyclic amines) is 1. The van der Waals surface area contributed by atoms with Crippen molar-refractivity contribution in [1.29, 1.82) is 0 Å². The Morgan fingerprint density at radius 3 is 2.58 bits per heavy atom. The lowest BCUT2D eigenvalue weighted by Crippen LogP contribution is -2.19. The summed E-state index contributed by atoms with van der Waals surface area (Å²) in [4.78, 5) is 18.6. The molecule has 1 aromatic carbocycles. The number of carbonyl (C=O) groups excluding carboxylic acids is 1. The van der Waals surface area contributed by atoms with Crippen LogP contribution in [0.4, 0.5) is 0 Å². The Balaban J connectivity index is 1.77. The van der Waals surface area contributed by atoms with Crippen molar-refractivity contribution in [3.8, 4) is 0 Å². The second kappa shape index (κ2) is 4.97. The van der Waals surface area contributed by atoms with E-state index in [0.717, 1.165) is 13.1 Å². The molecule has 0 radical (unpaired) electrons. The number of hydrogen-bond acceptors (Lipinski definition) is 4. The lowest BCUT2D eigenvalue weighted by molar-refractivity contribution is 0.104. The number of hydrogen-bond donors (Lipinski definition) is 1. The van der Waals surface area contributed by atoms with Crippen molar-refractivity contribution >= 4 is 17.8 Å². The topological polar surface area (TPSA) is 52.9 Å². The minimum Gasteiger partial charge on any atom is -0.506 e. The maximum absolute atomic E-state index is 12.1. The van der Waals surface area contributed by atoms with Gasteiger partial charge in [-0.3, -0.25) is 14.7 Å². The van der Waals surface area contributed by atoms with Crippen molar-refractivity contribution < 1.29 is 9.90 Å². The van der Waals surface area contributed by atoms with Crippen molar-refractivity contribution in [3.63, 3.8) is 0 Å². The number of fused-ring (bicyclic) bond motifs is 1. The zero-order chi connectivity index (χ0) is 13.2. The van der Waals surface area contributed by atoms with Gasteiger partial charge in [0, 0.05) is 17.3 Å². The Hall–Kier alpha value is -1.94. The molecule has 98 valence electrons. The molecule has 2 aliphatic rings. The van der Waals surface area contributed by atoms with E-state index in [1.165, 1.54) is 19.1 Å². The van der Waals surface area contributed by atoms with Crippen LogP contribution in [0.5, 0.6) is 0 Å². The fraction of sp³-hybridized carbons (Fsp3) is 0.333. The van der Waals surface area contributed by atoms with Crippen LogP contribution in [0.25, 0.3) is 5.76 Å². The maximum Gasteiger partial charge on any atom is 0.199 e. The molecular formula is C15H16N2O2. The normalized spacial score (nSPS) is 19.7. The van der Waals surface area contributed by atoms with E-state index in [1.54, 1.807) is 18.2 Å². The largest absolute Gasteiger partial charge is 0.506 e. The number of allylic oxidation sites excluding steroid dienone is 1. The van der Waals surface area contributed by atoms with E-state index in [4.69, 9.17) is 0 Å². The predicted octanol–water partition coefficient (Wildman–Crippen LogP) is 2.28. The van der Waals surface area contributed by atoms with E-state index in [-0.39, 0.29) is 11.5 Å².